The van der Waals surface area contributed by atoms with Crippen molar-refractivity contribution < 1.29 is 0 Å². The Bertz CT molecular complexity index is 635. The fourth-order valence-corrected chi connectivity index (χ4v) is 2.94. The average Bonchev–Trinajstić information content (AvgIpc) is 3.05. The van der Waals surface area contributed by atoms with Gasteiger partial charge in [-0.1, -0.05) is 22.9 Å². The third-order valence-electron chi connectivity index (χ3n) is 2.53. The molecule has 7 heteroatoms. The predicted molar refractivity (Wildman–Crippen MR) is 70.7 cm³/mol. The summed E-state index contributed by atoms with van der Waals surface area (Å²) in [6.45, 7) is 0. The first-order chi connectivity index (χ1) is 8.15. The standard InChI is InChI=1S/C10H7BrClN3OS/c11-6-7(4-1-2-4)14-8(15-9(6)16)10-13-3-5(12)17-10/h3-4H,1-2H2,(H,14,15,16). The van der Waals surface area contributed by atoms with Crippen LogP contribution in [0.1, 0.15) is 24.5 Å². The highest BCUT2D eigenvalue weighted by molar-refractivity contribution is 9.10. The van der Waals surface area contributed by atoms with E-state index in [1.807, 2.05) is 0 Å². The molecule has 0 unspecified atom stereocenters. The van der Waals surface area contributed by atoms with Crippen LogP contribution >= 0.6 is 38.9 Å². The van der Waals surface area contributed by atoms with Crippen molar-refractivity contribution in [3.63, 3.8) is 0 Å². The lowest BCUT2D eigenvalue weighted by molar-refractivity contribution is 0.958. The molecule has 1 aliphatic carbocycles. The van der Waals surface area contributed by atoms with Gasteiger partial charge in [0.15, 0.2) is 10.8 Å². The van der Waals surface area contributed by atoms with Crippen molar-refractivity contribution in [2.75, 3.05) is 0 Å². The zero-order valence-corrected chi connectivity index (χ0v) is 11.7. The van der Waals surface area contributed by atoms with Crippen LogP contribution in [0.4, 0.5) is 0 Å². The second-order valence-electron chi connectivity index (χ2n) is 3.86. The number of H-pyrrole nitrogens is 1. The molecule has 0 aliphatic heterocycles. The van der Waals surface area contributed by atoms with Gasteiger partial charge in [0.25, 0.3) is 5.56 Å². The van der Waals surface area contributed by atoms with Gasteiger partial charge in [-0.3, -0.25) is 4.79 Å². The molecule has 2 aromatic heterocycles. The maximum absolute atomic E-state index is 11.8. The molecule has 3 rings (SSSR count). The van der Waals surface area contributed by atoms with Crippen molar-refractivity contribution in [2.45, 2.75) is 18.8 Å². The smallest absolute Gasteiger partial charge is 0.265 e. The Morgan fingerprint density at radius 2 is 2.29 bits per heavy atom. The summed E-state index contributed by atoms with van der Waals surface area (Å²) < 4.78 is 1.12. The number of aromatic amines is 1. The molecule has 0 spiro atoms. The van der Waals surface area contributed by atoms with Crippen LogP contribution in [0.2, 0.25) is 4.34 Å². The van der Waals surface area contributed by atoms with Crippen LogP contribution in [-0.2, 0) is 0 Å². The number of hydrogen-bond donors (Lipinski definition) is 1. The fraction of sp³-hybridized carbons (Fsp3) is 0.300. The van der Waals surface area contributed by atoms with Crippen LogP contribution in [0.5, 0.6) is 0 Å². The first-order valence-corrected chi connectivity index (χ1v) is 7.05. The van der Waals surface area contributed by atoms with E-state index in [0.717, 1.165) is 18.5 Å². The number of nitrogens with zero attached hydrogens (tertiary/aromatic N) is 2. The molecule has 0 aromatic carbocycles. The van der Waals surface area contributed by atoms with Gasteiger partial charge in [-0.15, -0.1) is 0 Å². The summed E-state index contributed by atoms with van der Waals surface area (Å²) in [6, 6.07) is 0. The number of halogens is 2. The first-order valence-electron chi connectivity index (χ1n) is 5.06. The largest absolute Gasteiger partial charge is 0.304 e. The summed E-state index contributed by atoms with van der Waals surface area (Å²) in [7, 11) is 0. The Hall–Kier alpha value is -0.720. The Balaban J connectivity index is 2.14. The number of rotatable bonds is 2. The maximum atomic E-state index is 11.8. The van der Waals surface area contributed by atoms with Crippen molar-refractivity contribution in [3.8, 4) is 10.8 Å². The number of thiazole rings is 1. The lowest BCUT2D eigenvalue weighted by atomic mass is 10.3. The molecule has 1 fully saturated rings. The van der Waals surface area contributed by atoms with Crippen LogP contribution < -0.4 is 5.56 Å². The second kappa shape index (κ2) is 4.19. The van der Waals surface area contributed by atoms with Crippen LogP contribution in [0, 0.1) is 0 Å². The van der Waals surface area contributed by atoms with Gasteiger partial charge in [-0.2, -0.15) is 0 Å². The number of hydrogen-bond acceptors (Lipinski definition) is 4. The van der Waals surface area contributed by atoms with Gasteiger partial charge in [-0.25, -0.2) is 9.97 Å². The van der Waals surface area contributed by atoms with E-state index in [9.17, 15) is 4.79 Å². The van der Waals surface area contributed by atoms with Crippen LogP contribution in [-0.4, -0.2) is 15.0 Å². The summed E-state index contributed by atoms with van der Waals surface area (Å²) >= 11 is 10.4. The SMILES string of the molecule is O=c1[nH]c(-c2ncc(Cl)s2)nc(C2CC2)c1Br. The summed E-state index contributed by atoms with van der Waals surface area (Å²) in [5.74, 6) is 0.901. The molecular weight excluding hydrogens is 326 g/mol. The Labute approximate surface area is 114 Å². The number of nitrogens with one attached hydrogen (secondary N) is 1. The molecule has 0 saturated heterocycles. The van der Waals surface area contributed by atoms with E-state index in [4.69, 9.17) is 11.6 Å². The van der Waals surface area contributed by atoms with Gasteiger partial charge in [0.2, 0.25) is 0 Å². The molecule has 2 aromatic rings. The highest BCUT2D eigenvalue weighted by Gasteiger charge is 2.29. The Kier molecular flexibility index (Phi) is 2.80. The van der Waals surface area contributed by atoms with E-state index in [1.54, 1.807) is 6.20 Å². The third-order valence-corrected chi connectivity index (χ3v) is 4.42. The first kappa shape index (κ1) is 11.4. The Morgan fingerprint density at radius 1 is 1.53 bits per heavy atom. The zero-order valence-electron chi connectivity index (χ0n) is 8.54. The van der Waals surface area contributed by atoms with Crippen molar-refractivity contribution in [1.82, 2.24) is 15.0 Å². The molecule has 17 heavy (non-hydrogen) atoms. The minimum atomic E-state index is -0.164. The molecule has 0 radical (unpaired) electrons. The van der Waals surface area contributed by atoms with E-state index in [1.165, 1.54) is 11.3 Å². The minimum Gasteiger partial charge on any atom is -0.304 e. The minimum absolute atomic E-state index is 0.164. The summed E-state index contributed by atoms with van der Waals surface area (Å²) in [6.07, 6.45) is 3.74. The van der Waals surface area contributed by atoms with Crippen molar-refractivity contribution in [2.24, 2.45) is 0 Å². The monoisotopic (exact) mass is 331 g/mol. The molecule has 1 aliphatic rings. The van der Waals surface area contributed by atoms with Gasteiger partial charge in [-0.05, 0) is 28.8 Å². The second-order valence-corrected chi connectivity index (χ2v) is 6.31. The molecular formula is C10H7BrClN3OS. The Morgan fingerprint density at radius 3 is 2.88 bits per heavy atom. The molecule has 2 heterocycles. The van der Waals surface area contributed by atoms with Crippen LogP contribution in [0.15, 0.2) is 15.5 Å². The fourth-order valence-electron chi connectivity index (χ4n) is 1.57. The van der Waals surface area contributed by atoms with Crippen molar-refractivity contribution >= 4 is 38.9 Å². The van der Waals surface area contributed by atoms with E-state index in [0.29, 0.717) is 25.6 Å². The van der Waals surface area contributed by atoms with Crippen molar-refractivity contribution in [1.29, 1.82) is 0 Å². The lowest BCUT2D eigenvalue weighted by Gasteiger charge is -2.03. The quantitative estimate of drug-likeness (QED) is 0.919. The molecule has 1 saturated carbocycles. The highest BCUT2D eigenvalue weighted by Crippen LogP contribution is 2.41. The van der Waals surface area contributed by atoms with Gasteiger partial charge in [0.05, 0.1) is 11.9 Å². The highest BCUT2D eigenvalue weighted by atomic mass is 79.9. The molecule has 4 nitrogen and oxygen atoms in total. The normalized spacial score (nSPS) is 15.2. The van der Waals surface area contributed by atoms with Crippen molar-refractivity contribution in [3.05, 3.63) is 31.1 Å². The molecule has 0 amide bonds. The van der Waals surface area contributed by atoms with E-state index in [-0.39, 0.29) is 5.56 Å². The van der Waals surface area contributed by atoms with Gasteiger partial charge >= 0.3 is 0 Å². The van der Waals surface area contributed by atoms with E-state index < -0.39 is 0 Å². The topological polar surface area (TPSA) is 58.6 Å². The van der Waals surface area contributed by atoms with Gasteiger partial charge in [0.1, 0.15) is 8.81 Å². The maximum Gasteiger partial charge on any atom is 0.265 e. The summed E-state index contributed by atoms with van der Waals surface area (Å²) in [5, 5.41) is 0.640. The summed E-state index contributed by atoms with van der Waals surface area (Å²) in [5.41, 5.74) is 0.665. The molecule has 0 atom stereocenters. The third kappa shape index (κ3) is 2.17. The zero-order chi connectivity index (χ0) is 12.0. The molecule has 1 N–H and O–H groups in total. The van der Waals surface area contributed by atoms with Gasteiger partial charge < -0.3 is 4.98 Å². The van der Waals surface area contributed by atoms with E-state index >= 15 is 0 Å². The van der Waals surface area contributed by atoms with Crippen LogP contribution in [0.3, 0.4) is 0 Å². The number of aromatic nitrogens is 3. The van der Waals surface area contributed by atoms with Gasteiger partial charge in [0, 0.05) is 5.92 Å². The average molecular weight is 333 g/mol. The van der Waals surface area contributed by atoms with Crippen LogP contribution in [0.25, 0.3) is 10.8 Å². The molecule has 88 valence electrons. The van der Waals surface area contributed by atoms with E-state index in [2.05, 4.69) is 30.9 Å². The molecule has 0 bridgehead atoms. The summed E-state index contributed by atoms with van der Waals surface area (Å²) in [4.78, 5) is 23.1. The lowest BCUT2D eigenvalue weighted by Crippen LogP contribution is -2.13. The predicted octanol–water partition coefficient (Wildman–Crippen LogP) is 3.19.